The average molecular weight is 211 g/mol. The number of pyridine rings is 1. The topological polar surface area (TPSA) is 42.2 Å². The van der Waals surface area contributed by atoms with Crippen molar-refractivity contribution in [3.8, 4) is 0 Å². The molecular formula is C10H17N3S. The predicted molar refractivity (Wildman–Crippen MR) is 64.9 cm³/mol. The van der Waals surface area contributed by atoms with E-state index in [9.17, 15) is 0 Å². The largest absolute Gasteiger partial charge is 0.396 e. The minimum atomic E-state index is 0.481. The van der Waals surface area contributed by atoms with Crippen LogP contribution < -0.4 is 10.6 Å². The number of thioether (sulfide) groups is 1. The summed E-state index contributed by atoms with van der Waals surface area (Å²) in [6.07, 6.45) is 5.58. The zero-order chi connectivity index (χ0) is 10.6. The fraction of sp³-hybridized carbons (Fsp3) is 0.500. The van der Waals surface area contributed by atoms with Crippen LogP contribution in [0.25, 0.3) is 0 Å². The van der Waals surface area contributed by atoms with Gasteiger partial charge in [0.25, 0.3) is 0 Å². The highest BCUT2D eigenvalue weighted by molar-refractivity contribution is 7.98. The molecule has 1 rings (SSSR count). The Kier molecular flexibility index (Phi) is 4.07. The lowest BCUT2D eigenvalue weighted by molar-refractivity contribution is 0.766. The molecule has 0 aliphatic heterocycles. The SMILES string of the molecule is CSCC(C)N(C)c1ccncc1N. The Morgan fingerprint density at radius 2 is 2.36 bits per heavy atom. The highest BCUT2D eigenvalue weighted by Gasteiger charge is 2.11. The van der Waals surface area contributed by atoms with Crippen LogP contribution >= 0.6 is 11.8 Å². The minimum absolute atomic E-state index is 0.481. The van der Waals surface area contributed by atoms with E-state index in [1.54, 1.807) is 12.4 Å². The second-order valence-corrected chi connectivity index (χ2v) is 4.26. The van der Waals surface area contributed by atoms with E-state index in [4.69, 9.17) is 5.73 Å². The lowest BCUT2D eigenvalue weighted by Gasteiger charge is -2.27. The maximum Gasteiger partial charge on any atom is 0.0738 e. The van der Waals surface area contributed by atoms with Gasteiger partial charge in [0.05, 0.1) is 17.6 Å². The summed E-state index contributed by atoms with van der Waals surface area (Å²) in [5, 5.41) is 0. The molecule has 1 heterocycles. The molecule has 0 bridgehead atoms. The molecule has 2 N–H and O–H groups in total. The molecule has 14 heavy (non-hydrogen) atoms. The highest BCUT2D eigenvalue weighted by Crippen LogP contribution is 2.22. The van der Waals surface area contributed by atoms with Crippen LogP contribution in [0.2, 0.25) is 0 Å². The number of rotatable bonds is 4. The zero-order valence-corrected chi connectivity index (χ0v) is 9.71. The number of nitrogens with two attached hydrogens (primary N) is 1. The van der Waals surface area contributed by atoms with Crippen LogP contribution in [-0.2, 0) is 0 Å². The van der Waals surface area contributed by atoms with Crippen molar-refractivity contribution < 1.29 is 0 Å². The van der Waals surface area contributed by atoms with Gasteiger partial charge in [-0.25, -0.2) is 0 Å². The summed E-state index contributed by atoms with van der Waals surface area (Å²) in [7, 11) is 2.06. The van der Waals surface area contributed by atoms with Crippen molar-refractivity contribution >= 4 is 23.1 Å². The van der Waals surface area contributed by atoms with Gasteiger partial charge in [0, 0.05) is 25.0 Å². The second-order valence-electron chi connectivity index (χ2n) is 3.35. The minimum Gasteiger partial charge on any atom is -0.396 e. The third-order valence-electron chi connectivity index (χ3n) is 2.28. The normalized spacial score (nSPS) is 12.5. The summed E-state index contributed by atoms with van der Waals surface area (Å²) >= 11 is 1.84. The number of nitrogens with zero attached hydrogens (tertiary/aromatic N) is 2. The average Bonchev–Trinajstić information content (AvgIpc) is 2.18. The van der Waals surface area contributed by atoms with Crippen molar-refractivity contribution in [1.29, 1.82) is 0 Å². The van der Waals surface area contributed by atoms with Gasteiger partial charge in [0.1, 0.15) is 0 Å². The monoisotopic (exact) mass is 211 g/mol. The fourth-order valence-corrected chi connectivity index (χ4v) is 2.02. The summed E-state index contributed by atoms with van der Waals surface area (Å²) in [6.45, 7) is 2.19. The molecule has 1 aromatic rings. The van der Waals surface area contributed by atoms with E-state index < -0.39 is 0 Å². The number of aromatic nitrogens is 1. The number of hydrogen-bond acceptors (Lipinski definition) is 4. The molecule has 4 heteroatoms. The summed E-state index contributed by atoms with van der Waals surface area (Å²) in [5.41, 5.74) is 7.64. The standard InChI is InChI=1S/C10H17N3S/c1-8(7-14-3)13(2)10-4-5-12-6-9(10)11/h4-6,8H,7,11H2,1-3H3. The Balaban J connectivity index is 2.78. The highest BCUT2D eigenvalue weighted by atomic mass is 32.2. The molecule has 0 fully saturated rings. The molecule has 0 spiro atoms. The van der Waals surface area contributed by atoms with Crippen molar-refractivity contribution in [2.75, 3.05) is 29.7 Å². The maximum atomic E-state index is 5.84. The van der Waals surface area contributed by atoms with Gasteiger partial charge in [-0.3, -0.25) is 4.98 Å². The van der Waals surface area contributed by atoms with Crippen molar-refractivity contribution in [3.05, 3.63) is 18.5 Å². The molecular weight excluding hydrogens is 194 g/mol. The molecule has 0 aliphatic carbocycles. The lowest BCUT2D eigenvalue weighted by Crippen LogP contribution is -2.31. The first-order valence-corrected chi connectivity index (χ1v) is 5.97. The molecule has 1 unspecified atom stereocenters. The summed E-state index contributed by atoms with van der Waals surface area (Å²) < 4.78 is 0. The van der Waals surface area contributed by atoms with Crippen LogP contribution in [-0.4, -0.2) is 30.1 Å². The Bertz CT molecular complexity index is 290. The zero-order valence-electron chi connectivity index (χ0n) is 8.90. The van der Waals surface area contributed by atoms with Crippen molar-refractivity contribution in [3.63, 3.8) is 0 Å². The Hall–Kier alpha value is -0.900. The molecule has 0 radical (unpaired) electrons. The third kappa shape index (κ3) is 2.54. The molecule has 78 valence electrons. The van der Waals surface area contributed by atoms with Crippen LogP contribution in [0.1, 0.15) is 6.92 Å². The first kappa shape index (κ1) is 11.2. The van der Waals surface area contributed by atoms with Gasteiger partial charge in [-0.15, -0.1) is 0 Å². The van der Waals surface area contributed by atoms with Crippen LogP contribution in [0.4, 0.5) is 11.4 Å². The van der Waals surface area contributed by atoms with Crippen LogP contribution in [0.5, 0.6) is 0 Å². The van der Waals surface area contributed by atoms with Gasteiger partial charge >= 0.3 is 0 Å². The van der Waals surface area contributed by atoms with E-state index in [-0.39, 0.29) is 0 Å². The van der Waals surface area contributed by atoms with Crippen LogP contribution in [0.3, 0.4) is 0 Å². The number of nitrogen functional groups attached to an aromatic ring is 1. The van der Waals surface area contributed by atoms with Crippen molar-refractivity contribution in [1.82, 2.24) is 4.98 Å². The van der Waals surface area contributed by atoms with E-state index in [1.165, 1.54) is 0 Å². The second kappa shape index (κ2) is 5.10. The fourth-order valence-electron chi connectivity index (χ4n) is 1.31. The molecule has 0 saturated heterocycles. The Morgan fingerprint density at radius 1 is 1.64 bits per heavy atom. The van der Waals surface area contributed by atoms with E-state index in [0.29, 0.717) is 6.04 Å². The smallest absolute Gasteiger partial charge is 0.0738 e. The maximum absolute atomic E-state index is 5.84. The number of hydrogen-bond donors (Lipinski definition) is 1. The van der Waals surface area contributed by atoms with Crippen LogP contribution in [0.15, 0.2) is 18.5 Å². The molecule has 0 saturated carbocycles. The quantitative estimate of drug-likeness (QED) is 0.825. The van der Waals surface area contributed by atoms with Gasteiger partial charge in [-0.05, 0) is 19.2 Å². The van der Waals surface area contributed by atoms with Gasteiger partial charge in [-0.1, -0.05) is 0 Å². The Morgan fingerprint density at radius 3 is 2.93 bits per heavy atom. The Labute approximate surface area is 89.7 Å². The van der Waals surface area contributed by atoms with Crippen molar-refractivity contribution in [2.45, 2.75) is 13.0 Å². The first-order chi connectivity index (χ1) is 6.66. The van der Waals surface area contributed by atoms with Gasteiger partial charge in [-0.2, -0.15) is 11.8 Å². The van der Waals surface area contributed by atoms with E-state index >= 15 is 0 Å². The number of anilines is 2. The molecule has 0 amide bonds. The van der Waals surface area contributed by atoms with Gasteiger partial charge in [0.15, 0.2) is 0 Å². The summed E-state index contributed by atoms with van der Waals surface area (Å²) in [6, 6.07) is 2.43. The van der Waals surface area contributed by atoms with E-state index in [1.807, 2.05) is 17.8 Å². The van der Waals surface area contributed by atoms with E-state index in [0.717, 1.165) is 17.1 Å². The molecule has 1 atom stereocenters. The first-order valence-electron chi connectivity index (χ1n) is 4.58. The molecule has 0 aromatic carbocycles. The van der Waals surface area contributed by atoms with Gasteiger partial charge in [0.2, 0.25) is 0 Å². The third-order valence-corrected chi connectivity index (χ3v) is 3.09. The summed E-state index contributed by atoms with van der Waals surface area (Å²) in [4.78, 5) is 6.16. The predicted octanol–water partition coefficient (Wildman–Crippen LogP) is 1.85. The molecule has 1 aromatic heterocycles. The van der Waals surface area contributed by atoms with Gasteiger partial charge < -0.3 is 10.6 Å². The molecule has 3 nitrogen and oxygen atoms in total. The van der Waals surface area contributed by atoms with E-state index in [2.05, 4.69) is 30.1 Å². The summed E-state index contributed by atoms with van der Waals surface area (Å²) in [5.74, 6) is 1.10. The molecule has 0 aliphatic rings. The van der Waals surface area contributed by atoms with Crippen molar-refractivity contribution in [2.24, 2.45) is 0 Å². The lowest BCUT2D eigenvalue weighted by atomic mass is 10.2. The van der Waals surface area contributed by atoms with Crippen LogP contribution in [0, 0.1) is 0 Å².